The van der Waals surface area contributed by atoms with Crippen LogP contribution in [0.5, 0.6) is 0 Å². The molecule has 6 nitrogen and oxygen atoms in total. The molecule has 0 rings (SSSR count). The van der Waals surface area contributed by atoms with Crippen molar-refractivity contribution in [2.24, 2.45) is 0 Å². The molecule has 0 amide bonds. The number of hydrogen-bond donors (Lipinski definition) is 1. The maximum atomic E-state index is 9.86. The summed E-state index contributed by atoms with van der Waals surface area (Å²) in [6, 6.07) is 0. The molecule has 14 heavy (non-hydrogen) atoms. The van der Waals surface area contributed by atoms with Gasteiger partial charge in [-0.05, 0) is 0 Å². The fourth-order valence-electron chi connectivity index (χ4n) is 0.244. The summed E-state index contributed by atoms with van der Waals surface area (Å²) in [6.45, 7) is -0.165. The number of halogens is 3. The maximum Gasteiger partial charge on any atom is 0.403 e. The van der Waals surface area contributed by atoms with Crippen LogP contribution in [0.2, 0.25) is 0 Å². The normalized spacial score (nSPS) is 7.93. The van der Waals surface area contributed by atoms with Crippen molar-refractivity contribution in [3.8, 4) is 0 Å². The first-order valence-electron chi connectivity index (χ1n) is 2.89. The van der Waals surface area contributed by atoms with E-state index in [4.69, 9.17) is 33.1 Å². The molecule has 9 heteroatoms. The van der Waals surface area contributed by atoms with Gasteiger partial charge in [-0.2, -0.15) is 0 Å². The van der Waals surface area contributed by atoms with Gasteiger partial charge in [-0.3, -0.25) is 0 Å². The van der Waals surface area contributed by atoms with Crippen molar-refractivity contribution in [1.29, 1.82) is 0 Å². The molecule has 0 aromatic heterocycles. The van der Waals surface area contributed by atoms with Crippen LogP contribution in [-0.2, 0) is 9.47 Å². The van der Waals surface area contributed by atoms with Gasteiger partial charge in [0.1, 0.15) is 13.2 Å². The number of carbonyl (C=O) groups excluding carboxylic acids is 2. The lowest BCUT2D eigenvalue weighted by atomic mass is 10.8. The number of carboxylic acid groups (broad SMARTS) is 1. The molecule has 0 heterocycles. The Morgan fingerprint density at radius 1 is 0.929 bits per heavy atom. The molecule has 0 spiro atoms. The second-order valence-corrected chi connectivity index (χ2v) is 2.37. The van der Waals surface area contributed by atoms with Gasteiger partial charge in [-0.1, -0.05) is 0 Å². The number of carbonyl (C=O) groups is 3. The summed E-state index contributed by atoms with van der Waals surface area (Å²) in [5.41, 5.74) is -3.24. The van der Waals surface area contributed by atoms with Gasteiger partial charge in [0.15, 0.2) is 0 Å². The minimum absolute atomic E-state index is 0.0825. The van der Waals surface area contributed by atoms with E-state index in [0.717, 1.165) is 0 Å². The number of rotatable bonds is 3. The fraction of sp³-hybridized carbons (Fsp3) is 0.400. The van der Waals surface area contributed by atoms with Crippen LogP contribution in [0.1, 0.15) is 0 Å². The molecule has 0 aliphatic carbocycles. The second kappa shape index (κ2) is 10.4. The van der Waals surface area contributed by atoms with Gasteiger partial charge in [-0.15, -0.1) is 0 Å². The first-order chi connectivity index (χ1) is 6.36. The topological polar surface area (TPSA) is 89.9 Å². The zero-order valence-corrected chi connectivity index (χ0v) is 8.80. The molecule has 0 fully saturated rings. The van der Waals surface area contributed by atoms with Gasteiger partial charge in [0, 0.05) is 34.8 Å². The lowest BCUT2D eigenvalue weighted by molar-refractivity contribution is 0.121. The Kier molecular flexibility index (Phi) is 11.6. The van der Waals surface area contributed by atoms with Crippen molar-refractivity contribution < 1.29 is 29.0 Å². The van der Waals surface area contributed by atoms with Crippen molar-refractivity contribution in [2.75, 3.05) is 13.2 Å². The summed E-state index contributed by atoms with van der Waals surface area (Å²) in [7, 11) is 0. The van der Waals surface area contributed by atoms with Crippen molar-refractivity contribution in [3.05, 3.63) is 0 Å². The van der Waals surface area contributed by atoms with Gasteiger partial charge >= 0.3 is 16.3 Å². The minimum Gasteiger partial charge on any atom is -0.469 e. The van der Waals surface area contributed by atoms with Gasteiger partial charge in [0.2, 0.25) is 0 Å². The van der Waals surface area contributed by atoms with Gasteiger partial charge in [0.05, 0.1) is 0 Å². The molecule has 0 bridgehead atoms. The number of hydrogen-bond acceptors (Lipinski definition) is 5. The van der Waals surface area contributed by atoms with E-state index in [1.165, 1.54) is 0 Å². The molecule has 0 aromatic rings. The van der Waals surface area contributed by atoms with Crippen molar-refractivity contribution >= 4 is 51.1 Å². The summed E-state index contributed by atoms with van der Waals surface area (Å²) < 4.78 is 8.37. The van der Waals surface area contributed by atoms with Crippen molar-refractivity contribution in [1.82, 2.24) is 0 Å². The molecule has 82 valence electrons. The molecule has 0 unspecified atom stereocenters. The lowest BCUT2D eigenvalue weighted by Gasteiger charge is -1.98. The Bertz CT molecular complexity index is 186. The van der Waals surface area contributed by atoms with Crippen molar-refractivity contribution in [3.63, 3.8) is 0 Å². The first-order valence-corrected chi connectivity index (χ1v) is 4.02. The largest absolute Gasteiger partial charge is 0.469 e. The lowest BCUT2D eigenvalue weighted by Crippen LogP contribution is -2.06. The van der Waals surface area contributed by atoms with Crippen LogP contribution in [0.25, 0.3) is 0 Å². The molecule has 0 aliphatic rings. The zero-order chi connectivity index (χ0) is 11.6. The van der Waals surface area contributed by atoms with Gasteiger partial charge < -0.3 is 14.6 Å². The van der Waals surface area contributed by atoms with E-state index in [-0.39, 0.29) is 13.2 Å². The van der Waals surface area contributed by atoms with E-state index in [1.807, 2.05) is 0 Å². The Balaban J connectivity index is 0. The molecular weight excluding hydrogens is 262 g/mol. The predicted molar refractivity (Wildman–Crippen MR) is 48.3 cm³/mol. The summed E-state index contributed by atoms with van der Waals surface area (Å²) >= 11 is 13.7. The summed E-state index contributed by atoms with van der Waals surface area (Å²) in [5.74, 6) is 0. The van der Waals surface area contributed by atoms with Crippen LogP contribution in [-0.4, -0.2) is 34.6 Å². The van der Waals surface area contributed by atoms with Gasteiger partial charge in [-0.25, -0.2) is 14.4 Å². The molecule has 0 atom stereocenters. The highest BCUT2D eigenvalue weighted by Gasteiger charge is 1.97. The molecule has 0 saturated carbocycles. The minimum atomic E-state index is -1.36. The zero-order valence-electron chi connectivity index (χ0n) is 6.54. The summed E-state index contributed by atoms with van der Waals surface area (Å²) in [5, 5.41) is 7.18. The highest BCUT2D eigenvalue weighted by atomic mass is 35.5. The van der Waals surface area contributed by atoms with Crippen LogP contribution in [0.4, 0.5) is 14.4 Å². The molecule has 0 aromatic carbocycles. The van der Waals surface area contributed by atoms with Crippen LogP contribution >= 0.6 is 34.8 Å². The first kappa shape index (κ1) is 15.7. The number of ether oxygens (including phenoxy) is 2. The smallest absolute Gasteiger partial charge is 0.403 e. The second-order valence-electron chi connectivity index (χ2n) is 1.43. The Labute approximate surface area is 93.6 Å². The fourth-order valence-corrected chi connectivity index (χ4v) is 0.398. The van der Waals surface area contributed by atoms with E-state index in [0.29, 0.717) is 0 Å². The van der Waals surface area contributed by atoms with E-state index in [2.05, 4.69) is 21.1 Å². The standard InChI is InChI=1S/C4H4Cl2O4.CHClO2/c5-3(7)9-1-2-10-4(6)8;2-1(3)4/h1-2H2;(H,3,4). The highest BCUT2D eigenvalue weighted by molar-refractivity contribution is 6.61. The highest BCUT2D eigenvalue weighted by Crippen LogP contribution is 1.89. The average Bonchev–Trinajstić information content (AvgIpc) is 1.96. The average molecular weight is 267 g/mol. The Hall–Kier alpha value is -0.720. The van der Waals surface area contributed by atoms with E-state index >= 15 is 0 Å². The maximum absolute atomic E-state index is 9.86. The van der Waals surface area contributed by atoms with Crippen LogP contribution < -0.4 is 0 Å². The summed E-state index contributed by atoms with van der Waals surface area (Å²) in [6.07, 6.45) is 0. The third-order valence-electron chi connectivity index (χ3n) is 0.514. The third kappa shape index (κ3) is 30.2. The van der Waals surface area contributed by atoms with Gasteiger partial charge in [0.25, 0.3) is 0 Å². The molecular formula is C5H5Cl3O6. The van der Waals surface area contributed by atoms with Crippen LogP contribution in [0, 0.1) is 0 Å². The Morgan fingerprint density at radius 2 is 1.14 bits per heavy atom. The van der Waals surface area contributed by atoms with Crippen LogP contribution in [0.15, 0.2) is 0 Å². The molecule has 0 aliphatic heterocycles. The molecule has 0 saturated heterocycles. The molecule has 0 radical (unpaired) electrons. The van der Waals surface area contributed by atoms with E-state index < -0.39 is 16.3 Å². The van der Waals surface area contributed by atoms with E-state index in [9.17, 15) is 9.59 Å². The Morgan fingerprint density at radius 3 is 1.29 bits per heavy atom. The summed E-state index contributed by atoms with van der Waals surface area (Å²) in [4.78, 5) is 28.5. The molecule has 1 N–H and O–H groups in total. The quantitative estimate of drug-likeness (QED) is 0.624. The van der Waals surface area contributed by atoms with Crippen molar-refractivity contribution in [2.45, 2.75) is 0 Å². The SMILES string of the molecule is O=C(Cl)OCCOC(=O)Cl.O=C(O)Cl. The third-order valence-corrected chi connectivity index (χ3v) is 0.733. The monoisotopic (exact) mass is 266 g/mol. The van der Waals surface area contributed by atoms with E-state index in [1.54, 1.807) is 0 Å². The van der Waals surface area contributed by atoms with Crippen LogP contribution in [0.3, 0.4) is 0 Å². The predicted octanol–water partition coefficient (Wildman–Crippen LogP) is 2.64.